The molecule has 3 nitrogen and oxygen atoms in total. The molecule has 1 heterocycles. The van der Waals surface area contributed by atoms with Crippen molar-refractivity contribution in [3.05, 3.63) is 23.3 Å². The smallest absolute Gasteiger partial charge is 0.160 e. The van der Waals surface area contributed by atoms with E-state index in [9.17, 15) is 10.2 Å². The molecule has 0 saturated carbocycles. The predicted molar refractivity (Wildman–Crippen MR) is 67.5 cm³/mol. The molecule has 3 N–H and O–H groups in total. The van der Waals surface area contributed by atoms with Gasteiger partial charge in [0.2, 0.25) is 0 Å². The Kier molecular flexibility index (Phi) is 3.13. The summed E-state index contributed by atoms with van der Waals surface area (Å²) < 4.78 is 0. The summed E-state index contributed by atoms with van der Waals surface area (Å²) in [5, 5.41) is 22.6. The second-order valence-electron chi connectivity index (χ2n) is 4.56. The second kappa shape index (κ2) is 4.26. The summed E-state index contributed by atoms with van der Waals surface area (Å²) in [4.78, 5) is 0. The van der Waals surface area contributed by atoms with Crippen LogP contribution >= 0.6 is 17.0 Å². The van der Waals surface area contributed by atoms with E-state index in [1.54, 1.807) is 6.07 Å². The molecule has 0 amide bonds. The summed E-state index contributed by atoms with van der Waals surface area (Å²) in [7, 11) is 0. The van der Waals surface area contributed by atoms with Crippen molar-refractivity contribution in [2.75, 3.05) is 13.1 Å². The van der Waals surface area contributed by atoms with Gasteiger partial charge in [0.25, 0.3) is 0 Å². The maximum atomic E-state index is 9.79. The van der Waals surface area contributed by atoms with Gasteiger partial charge in [0, 0.05) is 18.0 Å². The average Bonchev–Trinajstić information content (AvgIpc) is 2.71. The summed E-state index contributed by atoms with van der Waals surface area (Å²) in [6.45, 7) is 2.09. The first-order valence-electron chi connectivity index (χ1n) is 5.52. The quantitative estimate of drug-likeness (QED) is 0.639. The first-order valence-corrected chi connectivity index (χ1v) is 5.52. The molecule has 88 valence electrons. The van der Waals surface area contributed by atoms with Crippen molar-refractivity contribution in [2.45, 2.75) is 18.8 Å². The van der Waals surface area contributed by atoms with Crippen molar-refractivity contribution < 1.29 is 10.2 Å². The van der Waals surface area contributed by atoms with Crippen LogP contribution in [0, 0.1) is 5.92 Å². The first-order chi connectivity index (χ1) is 7.27. The zero-order chi connectivity index (χ0) is 10.4. The molecule has 1 fully saturated rings. The fourth-order valence-electron chi connectivity index (χ4n) is 2.98. The zero-order valence-electron chi connectivity index (χ0n) is 8.94. The Bertz CT molecular complexity index is 408. The molecule has 0 aromatic heterocycles. The average molecular weight is 286 g/mol. The number of phenols is 2. The van der Waals surface area contributed by atoms with Gasteiger partial charge in [-0.25, -0.2) is 0 Å². The lowest BCUT2D eigenvalue weighted by Crippen LogP contribution is -2.18. The second-order valence-corrected chi connectivity index (χ2v) is 4.56. The topological polar surface area (TPSA) is 52.5 Å². The molecule has 4 heteroatoms. The van der Waals surface area contributed by atoms with Gasteiger partial charge in [-0.2, -0.15) is 0 Å². The zero-order valence-corrected chi connectivity index (χ0v) is 10.7. The van der Waals surface area contributed by atoms with Crippen LogP contribution in [-0.4, -0.2) is 23.3 Å². The maximum absolute atomic E-state index is 9.79. The van der Waals surface area contributed by atoms with Gasteiger partial charge in [-0.05, 0) is 36.9 Å². The number of hydrogen-bond acceptors (Lipinski definition) is 3. The van der Waals surface area contributed by atoms with Crippen molar-refractivity contribution in [3.63, 3.8) is 0 Å². The van der Waals surface area contributed by atoms with Gasteiger partial charge >= 0.3 is 0 Å². The van der Waals surface area contributed by atoms with Gasteiger partial charge in [0.15, 0.2) is 11.5 Å². The summed E-state index contributed by atoms with van der Waals surface area (Å²) in [6, 6.07) is 3.57. The lowest BCUT2D eigenvalue weighted by molar-refractivity contribution is 0.384. The fraction of sp³-hybridized carbons (Fsp3) is 0.500. The molecule has 0 radical (unpaired) electrons. The van der Waals surface area contributed by atoms with E-state index in [1.807, 2.05) is 6.07 Å². The van der Waals surface area contributed by atoms with E-state index in [0.29, 0.717) is 11.8 Å². The molecule has 1 aromatic rings. The highest BCUT2D eigenvalue weighted by Gasteiger charge is 2.34. The van der Waals surface area contributed by atoms with Crippen molar-refractivity contribution in [3.8, 4) is 11.5 Å². The van der Waals surface area contributed by atoms with Crippen LogP contribution in [0.5, 0.6) is 11.5 Å². The number of fused-ring (bicyclic) bond motifs is 3. The normalized spacial score (nSPS) is 26.8. The Morgan fingerprint density at radius 3 is 2.81 bits per heavy atom. The molecule has 0 spiro atoms. The number of rotatable bonds is 0. The van der Waals surface area contributed by atoms with Crippen LogP contribution in [0.25, 0.3) is 0 Å². The monoisotopic (exact) mass is 285 g/mol. The molecule has 2 atom stereocenters. The highest BCUT2D eigenvalue weighted by Crippen LogP contribution is 2.44. The van der Waals surface area contributed by atoms with Crippen LogP contribution in [0.2, 0.25) is 0 Å². The lowest BCUT2D eigenvalue weighted by Gasteiger charge is -2.28. The van der Waals surface area contributed by atoms with Gasteiger partial charge in [0.1, 0.15) is 0 Å². The van der Waals surface area contributed by atoms with E-state index in [2.05, 4.69) is 5.32 Å². The molecule has 1 aliphatic carbocycles. The van der Waals surface area contributed by atoms with Crippen LogP contribution in [-0.2, 0) is 6.42 Å². The van der Waals surface area contributed by atoms with E-state index in [4.69, 9.17) is 0 Å². The molecule has 3 rings (SSSR count). The van der Waals surface area contributed by atoms with Gasteiger partial charge in [-0.15, -0.1) is 17.0 Å². The minimum Gasteiger partial charge on any atom is -0.504 e. The third-order valence-electron chi connectivity index (χ3n) is 3.80. The largest absolute Gasteiger partial charge is 0.504 e. The number of aromatic hydroxyl groups is 2. The van der Waals surface area contributed by atoms with Crippen LogP contribution < -0.4 is 5.32 Å². The van der Waals surface area contributed by atoms with Gasteiger partial charge in [0.05, 0.1) is 0 Å². The highest BCUT2D eigenvalue weighted by atomic mass is 79.9. The summed E-state index contributed by atoms with van der Waals surface area (Å²) in [5.41, 5.74) is 2.19. The molecule has 2 aliphatic rings. The number of benzene rings is 1. The Morgan fingerprint density at radius 1 is 1.19 bits per heavy atom. The van der Waals surface area contributed by atoms with Crippen LogP contribution in [0.15, 0.2) is 12.1 Å². The van der Waals surface area contributed by atoms with E-state index in [1.165, 1.54) is 5.56 Å². The third kappa shape index (κ3) is 1.60. The summed E-state index contributed by atoms with van der Waals surface area (Å²) in [5.74, 6) is 1.35. The third-order valence-corrected chi connectivity index (χ3v) is 3.80. The molecule has 1 aliphatic heterocycles. The standard InChI is InChI=1S/C12H15NO2.BrH/c14-11-4-3-8-9(12(11)15)2-1-7-5-13-6-10(7)8;/h3-4,7,10,13-15H,1-2,5-6H2;1H/t7-,10-;/m0./s1. The molecular formula is C12H16BrNO2. The van der Waals surface area contributed by atoms with E-state index >= 15 is 0 Å². The van der Waals surface area contributed by atoms with Crippen LogP contribution in [0.4, 0.5) is 0 Å². The first kappa shape index (κ1) is 11.7. The SMILES string of the molecule is Br.Oc1ccc2c(c1O)CC[C@H]1CNC[C@H]21. The Labute approximate surface area is 105 Å². The van der Waals surface area contributed by atoms with Gasteiger partial charge in [-0.1, -0.05) is 6.07 Å². The van der Waals surface area contributed by atoms with Crippen LogP contribution in [0.3, 0.4) is 0 Å². The molecule has 0 bridgehead atoms. The highest BCUT2D eigenvalue weighted by molar-refractivity contribution is 8.93. The molecule has 0 unspecified atom stereocenters. The number of halogens is 1. The van der Waals surface area contributed by atoms with E-state index in [0.717, 1.165) is 31.5 Å². The van der Waals surface area contributed by atoms with E-state index in [-0.39, 0.29) is 28.5 Å². The van der Waals surface area contributed by atoms with Gasteiger partial charge < -0.3 is 15.5 Å². The van der Waals surface area contributed by atoms with Crippen molar-refractivity contribution in [1.82, 2.24) is 5.32 Å². The molecular weight excluding hydrogens is 270 g/mol. The van der Waals surface area contributed by atoms with E-state index < -0.39 is 0 Å². The Balaban J connectivity index is 0.000000963. The summed E-state index contributed by atoms with van der Waals surface area (Å²) in [6.07, 6.45) is 2.00. The Morgan fingerprint density at radius 2 is 2.00 bits per heavy atom. The van der Waals surface area contributed by atoms with Crippen molar-refractivity contribution in [1.29, 1.82) is 0 Å². The molecule has 16 heavy (non-hydrogen) atoms. The predicted octanol–water partition coefficient (Wildman–Crippen LogP) is 1.92. The number of phenolic OH excluding ortho intramolecular Hbond substituents is 2. The lowest BCUT2D eigenvalue weighted by atomic mass is 9.77. The molecule has 1 aromatic carbocycles. The van der Waals surface area contributed by atoms with Crippen LogP contribution in [0.1, 0.15) is 23.5 Å². The Hall–Kier alpha value is -0.740. The minimum atomic E-state index is 0. The van der Waals surface area contributed by atoms with Crippen molar-refractivity contribution in [2.24, 2.45) is 5.92 Å². The molecule has 1 saturated heterocycles. The fourth-order valence-corrected chi connectivity index (χ4v) is 2.98. The minimum absolute atomic E-state index is 0. The number of hydrogen-bond donors (Lipinski definition) is 3. The van der Waals surface area contributed by atoms with Crippen molar-refractivity contribution >= 4 is 17.0 Å². The maximum Gasteiger partial charge on any atom is 0.160 e. The summed E-state index contributed by atoms with van der Waals surface area (Å²) >= 11 is 0. The number of nitrogens with one attached hydrogen (secondary N) is 1. The van der Waals surface area contributed by atoms with Gasteiger partial charge in [-0.3, -0.25) is 0 Å².